The number of carbonyl (C=O) groups excluding carboxylic acids is 1. The number of imidazole rings is 1. The second-order valence-corrected chi connectivity index (χ2v) is 7.08. The molecule has 5 rings (SSSR count). The Hall–Kier alpha value is -4.18. The van der Waals surface area contributed by atoms with Gasteiger partial charge >= 0.3 is 0 Å². The Balaban J connectivity index is 1.75. The average Bonchev–Trinajstić information content (AvgIpc) is 3.38. The molecule has 0 saturated carbocycles. The molecule has 0 aromatic carbocycles. The molecule has 154 valence electrons. The van der Waals surface area contributed by atoms with E-state index in [0.717, 1.165) is 16.6 Å². The number of aromatic nitrogens is 7. The number of aliphatic hydroxyl groups excluding tert-OH is 1. The molecule has 1 amide bonds. The number of pyridine rings is 2. The summed E-state index contributed by atoms with van der Waals surface area (Å²) < 4.78 is 1.86. The van der Waals surface area contributed by atoms with Gasteiger partial charge < -0.3 is 20.0 Å². The molecule has 0 saturated heterocycles. The van der Waals surface area contributed by atoms with Gasteiger partial charge in [-0.25, -0.2) is 24.9 Å². The van der Waals surface area contributed by atoms with Crippen molar-refractivity contribution in [3.63, 3.8) is 0 Å². The fourth-order valence-electron chi connectivity index (χ4n) is 3.61. The Morgan fingerprint density at radius 2 is 2.06 bits per heavy atom. The minimum atomic E-state index is -0.623. The highest BCUT2D eigenvalue weighted by Gasteiger charge is 2.20. The molecule has 5 heterocycles. The van der Waals surface area contributed by atoms with E-state index in [1.807, 2.05) is 49.0 Å². The van der Waals surface area contributed by atoms with Gasteiger partial charge in [0.05, 0.1) is 11.8 Å². The number of hydrogen-bond donors (Lipinski definition) is 3. The molecule has 31 heavy (non-hydrogen) atoms. The molecule has 0 aliphatic carbocycles. The zero-order valence-corrected chi connectivity index (χ0v) is 16.8. The summed E-state index contributed by atoms with van der Waals surface area (Å²) in [4.78, 5) is 37.4. The predicted molar refractivity (Wildman–Crippen MR) is 115 cm³/mol. The quantitative estimate of drug-likeness (QED) is 0.410. The van der Waals surface area contributed by atoms with Crippen molar-refractivity contribution in [2.24, 2.45) is 7.05 Å². The maximum Gasteiger partial charge on any atom is 0.251 e. The van der Waals surface area contributed by atoms with Crippen molar-refractivity contribution in [1.29, 1.82) is 0 Å². The number of rotatable bonds is 4. The topological polar surface area (TPSA) is 134 Å². The number of carbonyl (C=O) groups is 1. The lowest BCUT2D eigenvalue weighted by Crippen LogP contribution is -2.16. The number of amides is 1. The Kier molecular flexibility index (Phi) is 4.41. The molecule has 0 spiro atoms. The van der Waals surface area contributed by atoms with Crippen LogP contribution in [0.25, 0.3) is 44.8 Å². The van der Waals surface area contributed by atoms with Crippen LogP contribution < -0.4 is 5.32 Å². The van der Waals surface area contributed by atoms with Gasteiger partial charge in [0.2, 0.25) is 0 Å². The normalized spacial score (nSPS) is 11.3. The van der Waals surface area contributed by atoms with Crippen molar-refractivity contribution >= 4 is 33.8 Å². The molecule has 0 fully saturated rings. The van der Waals surface area contributed by atoms with Crippen LogP contribution in [0.4, 0.5) is 5.82 Å². The Morgan fingerprint density at radius 3 is 2.87 bits per heavy atom. The van der Waals surface area contributed by atoms with Gasteiger partial charge in [0.1, 0.15) is 23.5 Å². The first-order chi connectivity index (χ1) is 15.0. The van der Waals surface area contributed by atoms with E-state index in [1.54, 1.807) is 12.5 Å². The van der Waals surface area contributed by atoms with E-state index in [9.17, 15) is 4.79 Å². The Labute approximate surface area is 176 Å². The van der Waals surface area contributed by atoms with Gasteiger partial charge in [-0.05, 0) is 25.1 Å². The van der Waals surface area contributed by atoms with E-state index in [4.69, 9.17) is 10.1 Å². The minimum absolute atomic E-state index is 0.359. The average molecular weight is 414 g/mol. The fourth-order valence-corrected chi connectivity index (χ4v) is 3.61. The predicted octanol–water partition coefficient (Wildman–Crippen LogP) is 2.21. The number of hydrogen-bond acceptors (Lipinski definition) is 7. The smallest absolute Gasteiger partial charge is 0.251 e. The van der Waals surface area contributed by atoms with Crippen LogP contribution in [0.5, 0.6) is 0 Å². The maximum atomic E-state index is 11.7. The first kappa shape index (κ1) is 18.8. The molecular weight excluding hydrogens is 396 g/mol. The maximum absolute atomic E-state index is 11.7. The summed E-state index contributed by atoms with van der Waals surface area (Å²) >= 11 is 0. The van der Waals surface area contributed by atoms with Crippen molar-refractivity contribution in [2.75, 3.05) is 11.9 Å². The molecule has 10 heteroatoms. The molecule has 0 aliphatic heterocycles. The van der Waals surface area contributed by atoms with Crippen molar-refractivity contribution in [2.45, 2.75) is 6.92 Å². The summed E-state index contributed by atoms with van der Waals surface area (Å²) in [5, 5.41) is 12.6. The van der Waals surface area contributed by atoms with Crippen molar-refractivity contribution < 1.29 is 9.90 Å². The molecule has 0 aliphatic rings. The number of anilines is 1. The SMILES string of the molecule is Cc1cccc(-c2nc(-c3cn(C)c4c(NC(=O)CO)nccc34)c3nc[nH]c3n2)n1. The molecule has 0 bridgehead atoms. The third-order valence-corrected chi connectivity index (χ3v) is 4.94. The van der Waals surface area contributed by atoms with Gasteiger partial charge in [-0.3, -0.25) is 4.79 Å². The van der Waals surface area contributed by atoms with Gasteiger partial charge in [0, 0.05) is 36.1 Å². The highest BCUT2D eigenvalue weighted by Crippen LogP contribution is 2.35. The highest BCUT2D eigenvalue weighted by atomic mass is 16.3. The van der Waals surface area contributed by atoms with E-state index in [-0.39, 0.29) is 0 Å². The van der Waals surface area contributed by atoms with Crippen LogP contribution in [0.2, 0.25) is 0 Å². The molecule has 3 N–H and O–H groups in total. The zero-order valence-electron chi connectivity index (χ0n) is 16.8. The van der Waals surface area contributed by atoms with Crippen LogP contribution in [-0.2, 0) is 11.8 Å². The summed E-state index contributed by atoms with van der Waals surface area (Å²) in [7, 11) is 1.86. The summed E-state index contributed by atoms with van der Waals surface area (Å²) in [6, 6.07) is 7.55. The van der Waals surface area contributed by atoms with E-state index in [2.05, 4.69) is 30.2 Å². The van der Waals surface area contributed by atoms with Gasteiger partial charge in [-0.2, -0.15) is 0 Å². The summed E-state index contributed by atoms with van der Waals surface area (Å²) in [5.74, 6) is 0.306. The summed E-state index contributed by atoms with van der Waals surface area (Å²) in [5.41, 5.74) is 4.92. The monoisotopic (exact) mass is 414 g/mol. The number of nitrogens with one attached hydrogen (secondary N) is 2. The number of H-pyrrole nitrogens is 1. The second-order valence-electron chi connectivity index (χ2n) is 7.08. The largest absolute Gasteiger partial charge is 0.387 e. The first-order valence-electron chi connectivity index (χ1n) is 9.55. The Bertz CT molecular complexity index is 1450. The van der Waals surface area contributed by atoms with Crippen molar-refractivity contribution in [3.8, 4) is 22.8 Å². The van der Waals surface area contributed by atoms with Crippen LogP contribution in [0.3, 0.4) is 0 Å². The molecular formula is C21H18N8O2. The third-order valence-electron chi connectivity index (χ3n) is 4.94. The molecule has 0 radical (unpaired) electrons. The number of aryl methyl sites for hydroxylation is 2. The number of aliphatic hydroxyl groups is 1. The fraction of sp³-hybridized carbons (Fsp3) is 0.143. The first-order valence-corrected chi connectivity index (χ1v) is 9.55. The third kappa shape index (κ3) is 3.19. The minimum Gasteiger partial charge on any atom is -0.387 e. The standard InChI is InChI=1S/C21H18N8O2/c1-11-4-3-5-14(25-11)19-27-16(17-20(28-19)24-10-23-17)13-8-29(2)18-12(13)6-7-22-21(18)26-15(31)9-30/h3-8,10,30H,9H2,1-2H3,(H,22,26,31)(H,23,24,27,28). The van der Waals surface area contributed by atoms with Gasteiger partial charge in [-0.15, -0.1) is 0 Å². The van der Waals surface area contributed by atoms with Gasteiger partial charge in [0.25, 0.3) is 5.91 Å². The number of nitrogens with zero attached hydrogens (tertiary/aromatic N) is 6. The van der Waals surface area contributed by atoms with E-state index in [0.29, 0.717) is 39.7 Å². The van der Waals surface area contributed by atoms with Crippen LogP contribution in [-0.4, -0.2) is 52.1 Å². The van der Waals surface area contributed by atoms with Crippen molar-refractivity contribution in [3.05, 3.63) is 48.7 Å². The number of aromatic amines is 1. The van der Waals surface area contributed by atoms with Crippen LogP contribution >= 0.6 is 0 Å². The van der Waals surface area contributed by atoms with Gasteiger partial charge in [-0.1, -0.05) is 6.07 Å². The number of fused-ring (bicyclic) bond motifs is 2. The zero-order chi connectivity index (χ0) is 21.5. The Morgan fingerprint density at radius 1 is 1.19 bits per heavy atom. The summed E-state index contributed by atoms with van der Waals surface area (Å²) in [6.07, 6.45) is 5.09. The lowest BCUT2D eigenvalue weighted by molar-refractivity contribution is -0.118. The molecule has 0 unspecified atom stereocenters. The molecule has 0 atom stereocenters. The molecule has 5 aromatic heterocycles. The second kappa shape index (κ2) is 7.26. The lowest BCUT2D eigenvalue weighted by atomic mass is 10.1. The lowest BCUT2D eigenvalue weighted by Gasteiger charge is -2.07. The van der Waals surface area contributed by atoms with E-state index >= 15 is 0 Å². The van der Waals surface area contributed by atoms with Crippen molar-refractivity contribution in [1.82, 2.24) is 34.5 Å². The van der Waals surface area contributed by atoms with Gasteiger partial charge in [0.15, 0.2) is 17.3 Å². The molecule has 10 nitrogen and oxygen atoms in total. The van der Waals surface area contributed by atoms with E-state index in [1.165, 1.54) is 0 Å². The van der Waals surface area contributed by atoms with Crippen LogP contribution in [0.15, 0.2) is 43.0 Å². The summed E-state index contributed by atoms with van der Waals surface area (Å²) in [6.45, 7) is 1.29. The van der Waals surface area contributed by atoms with Crippen LogP contribution in [0, 0.1) is 6.92 Å². The van der Waals surface area contributed by atoms with E-state index < -0.39 is 12.5 Å². The van der Waals surface area contributed by atoms with Crippen LogP contribution in [0.1, 0.15) is 5.69 Å². The highest BCUT2D eigenvalue weighted by molar-refractivity contribution is 6.07. The molecule has 5 aromatic rings.